The minimum atomic E-state index is -1.17. The zero-order valence-electron chi connectivity index (χ0n) is 10.5. The summed E-state index contributed by atoms with van der Waals surface area (Å²) >= 11 is 0. The Morgan fingerprint density at radius 2 is 2.21 bits per heavy atom. The number of carboxylic acids is 1. The minimum absolute atomic E-state index is 0.0238. The summed E-state index contributed by atoms with van der Waals surface area (Å²) in [6, 6.07) is -1.72. The monoisotopic (exact) mass is 269 g/mol. The molecule has 1 unspecified atom stereocenters. The number of carbonyl (C=O) groups excluding carboxylic acids is 3. The Balaban J connectivity index is 2.77. The molecule has 1 atom stereocenters. The molecule has 104 valence electrons. The van der Waals surface area contributed by atoms with Crippen LogP contribution in [0, 0.1) is 0 Å². The largest absolute Gasteiger partial charge is 0.480 e. The molecule has 1 saturated heterocycles. The lowest BCUT2D eigenvalue weighted by molar-refractivity contribution is -0.149. The maximum atomic E-state index is 12.0. The van der Waals surface area contributed by atoms with Crippen molar-refractivity contribution in [3.8, 4) is 0 Å². The lowest BCUT2D eigenvalue weighted by Crippen LogP contribution is -2.48. The second-order valence-electron chi connectivity index (χ2n) is 3.99. The molecule has 1 fully saturated rings. The predicted octanol–water partition coefficient (Wildman–Crippen LogP) is -0.974. The first-order chi connectivity index (χ1) is 8.88. The van der Waals surface area contributed by atoms with Crippen molar-refractivity contribution in [1.82, 2.24) is 15.1 Å². The number of nitrogens with zero attached hydrogens (tertiary/aromatic N) is 2. The maximum Gasteiger partial charge on any atom is 0.326 e. The first kappa shape index (κ1) is 14.7. The molecular weight excluding hydrogens is 254 g/mol. The van der Waals surface area contributed by atoms with Crippen LogP contribution < -0.4 is 5.32 Å². The summed E-state index contributed by atoms with van der Waals surface area (Å²) in [5.41, 5.74) is 0. The van der Waals surface area contributed by atoms with E-state index in [1.165, 1.54) is 13.0 Å². The molecule has 0 radical (unpaired) electrons. The Labute approximate surface area is 109 Å². The van der Waals surface area contributed by atoms with Crippen molar-refractivity contribution in [3.63, 3.8) is 0 Å². The SMILES string of the molecule is C=CCN(C(=O)CN1C(=O)CNC1=O)C(C)C(=O)O. The number of amides is 4. The van der Waals surface area contributed by atoms with Crippen molar-refractivity contribution >= 4 is 23.8 Å². The number of urea groups is 1. The summed E-state index contributed by atoms with van der Waals surface area (Å²) in [5, 5.41) is 11.2. The van der Waals surface area contributed by atoms with E-state index >= 15 is 0 Å². The number of aliphatic carboxylic acids is 1. The smallest absolute Gasteiger partial charge is 0.326 e. The molecule has 1 aliphatic heterocycles. The highest BCUT2D eigenvalue weighted by molar-refractivity contribution is 6.04. The van der Waals surface area contributed by atoms with Crippen LogP contribution in [0.5, 0.6) is 0 Å². The van der Waals surface area contributed by atoms with Crippen LogP contribution in [-0.4, -0.2) is 64.4 Å². The normalized spacial score (nSPS) is 15.9. The standard InChI is InChI=1S/C11H15N3O5/c1-3-4-13(7(2)10(17)18)9(16)6-14-8(15)5-12-11(14)19/h3,7H,1,4-6H2,2H3,(H,12,19)(H,17,18). The topological polar surface area (TPSA) is 107 Å². The fourth-order valence-electron chi connectivity index (χ4n) is 1.59. The third-order valence-electron chi connectivity index (χ3n) is 2.70. The number of hydrogen-bond acceptors (Lipinski definition) is 4. The molecule has 2 N–H and O–H groups in total. The van der Waals surface area contributed by atoms with E-state index < -0.39 is 36.4 Å². The fraction of sp³-hybridized carbons (Fsp3) is 0.455. The van der Waals surface area contributed by atoms with Crippen LogP contribution in [-0.2, 0) is 14.4 Å². The predicted molar refractivity (Wildman–Crippen MR) is 64.1 cm³/mol. The van der Waals surface area contributed by atoms with Gasteiger partial charge in [0.25, 0.3) is 5.91 Å². The number of nitrogens with one attached hydrogen (secondary N) is 1. The molecule has 0 aromatic heterocycles. The number of hydrogen-bond donors (Lipinski definition) is 2. The van der Waals surface area contributed by atoms with Gasteiger partial charge in [-0.1, -0.05) is 6.08 Å². The van der Waals surface area contributed by atoms with Gasteiger partial charge >= 0.3 is 12.0 Å². The maximum absolute atomic E-state index is 12.0. The molecule has 0 aromatic rings. The van der Waals surface area contributed by atoms with Gasteiger partial charge in [-0.3, -0.25) is 14.5 Å². The van der Waals surface area contributed by atoms with Crippen LogP contribution >= 0.6 is 0 Å². The van der Waals surface area contributed by atoms with E-state index in [1.807, 2.05) is 0 Å². The van der Waals surface area contributed by atoms with Gasteiger partial charge in [-0.05, 0) is 6.92 Å². The second kappa shape index (κ2) is 5.98. The van der Waals surface area contributed by atoms with Gasteiger partial charge in [0.15, 0.2) is 0 Å². The van der Waals surface area contributed by atoms with Crippen molar-refractivity contribution < 1.29 is 24.3 Å². The van der Waals surface area contributed by atoms with E-state index in [0.717, 1.165) is 9.80 Å². The van der Waals surface area contributed by atoms with Crippen LogP contribution in [0.4, 0.5) is 4.79 Å². The van der Waals surface area contributed by atoms with E-state index in [4.69, 9.17) is 5.11 Å². The third kappa shape index (κ3) is 3.30. The molecule has 8 nitrogen and oxygen atoms in total. The second-order valence-corrected chi connectivity index (χ2v) is 3.99. The zero-order chi connectivity index (χ0) is 14.6. The molecule has 19 heavy (non-hydrogen) atoms. The molecule has 0 aromatic carbocycles. The molecule has 0 saturated carbocycles. The molecule has 4 amide bonds. The molecule has 1 rings (SSSR count). The molecule has 1 heterocycles. The quantitative estimate of drug-likeness (QED) is 0.476. The number of carbonyl (C=O) groups is 4. The fourth-order valence-corrected chi connectivity index (χ4v) is 1.59. The number of carboxylic acid groups (broad SMARTS) is 1. The number of imide groups is 1. The van der Waals surface area contributed by atoms with Crippen molar-refractivity contribution in [2.24, 2.45) is 0 Å². The summed E-state index contributed by atoms with van der Waals surface area (Å²) in [7, 11) is 0. The Bertz CT molecular complexity index is 418. The Morgan fingerprint density at radius 1 is 1.58 bits per heavy atom. The lowest BCUT2D eigenvalue weighted by atomic mass is 10.2. The van der Waals surface area contributed by atoms with E-state index in [2.05, 4.69) is 11.9 Å². The molecule has 0 spiro atoms. The summed E-state index contributed by atoms with van der Waals surface area (Å²) in [5.74, 6) is -2.31. The van der Waals surface area contributed by atoms with Gasteiger partial charge in [0.2, 0.25) is 5.91 Å². The zero-order valence-corrected chi connectivity index (χ0v) is 10.5. The van der Waals surface area contributed by atoms with Crippen LogP contribution in [0.3, 0.4) is 0 Å². The van der Waals surface area contributed by atoms with Crippen molar-refractivity contribution in [2.45, 2.75) is 13.0 Å². The van der Waals surface area contributed by atoms with Crippen LogP contribution in [0.2, 0.25) is 0 Å². The van der Waals surface area contributed by atoms with Crippen molar-refractivity contribution in [3.05, 3.63) is 12.7 Å². The van der Waals surface area contributed by atoms with E-state index in [1.54, 1.807) is 0 Å². The lowest BCUT2D eigenvalue weighted by Gasteiger charge is -2.26. The highest BCUT2D eigenvalue weighted by atomic mass is 16.4. The van der Waals surface area contributed by atoms with Crippen LogP contribution in [0.25, 0.3) is 0 Å². The summed E-state index contributed by atoms with van der Waals surface area (Å²) in [4.78, 5) is 47.3. The molecule has 0 aliphatic carbocycles. The highest BCUT2D eigenvalue weighted by Crippen LogP contribution is 2.05. The van der Waals surface area contributed by atoms with E-state index in [-0.39, 0.29) is 13.1 Å². The molecule has 8 heteroatoms. The van der Waals surface area contributed by atoms with Gasteiger partial charge in [-0.2, -0.15) is 0 Å². The van der Waals surface area contributed by atoms with E-state index in [0.29, 0.717) is 0 Å². The van der Waals surface area contributed by atoms with Gasteiger partial charge in [0.1, 0.15) is 12.6 Å². The van der Waals surface area contributed by atoms with Gasteiger partial charge in [-0.15, -0.1) is 6.58 Å². The Kier molecular flexibility index (Phi) is 4.62. The van der Waals surface area contributed by atoms with Crippen LogP contribution in [0.15, 0.2) is 12.7 Å². The molecule has 0 bridgehead atoms. The minimum Gasteiger partial charge on any atom is -0.480 e. The van der Waals surface area contributed by atoms with Crippen molar-refractivity contribution in [2.75, 3.05) is 19.6 Å². The average Bonchev–Trinajstić information content (AvgIpc) is 2.66. The van der Waals surface area contributed by atoms with Crippen molar-refractivity contribution in [1.29, 1.82) is 0 Å². The first-order valence-corrected chi connectivity index (χ1v) is 5.59. The molecular formula is C11H15N3O5. The summed E-state index contributed by atoms with van der Waals surface area (Å²) in [6.45, 7) is 4.18. The van der Waals surface area contributed by atoms with Gasteiger partial charge in [0, 0.05) is 6.54 Å². The summed E-state index contributed by atoms with van der Waals surface area (Å²) < 4.78 is 0. The Morgan fingerprint density at radius 3 is 2.63 bits per heavy atom. The van der Waals surface area contributed by atoms with Gasteiger partial charge in [0.05, 0.1) is 6.54 Å². The van der Waals surface area contributed by atoms with Gasteiger partial charge in [-0.25, -0.2) is 9.59 Å². The third-order valence-corrected chi connectivity index (χ3v) is 2.70. The number of rotatable bonds is 6. The Hall–Kier alpha value is -2.38. The first-order valence-electron chi connectivity index (χ1n) is 5.59. The average molecular weight is 269 g/mol. The van der Waals surface area contributed by atoms with Crippen LogP contribution in [0.1, 0.15) is 6.92 Å². The highest BCUT2D eigenvalue weighted by Gasteiger charge is 2.33. The van der Waals surface area contributed by atoms with E-state index in [9.17, 15) is 19.2 Å². The van der Waals surface area contributed by atoms with Gasteiger partial charge < -0.3 is 15.3 Å². The molecule has 1 aliphatic rings. The summed E-state index contributed by atoms with van der Waals surface area (Å²) in [6.07, 6.45) is 1.38.